The number of para-hydroxylation sites is 1. The number of hydrogen-bond donors (Lipinski definition) is 0. The average molecular weight is 264 g/mol. The Bertz CT molecular complexity index is 629. The molecule has 1 heterocycles. The molecule has 1 aliphatic heterocycles. The highest BCUT2D eigenvalue weighted by atomic mass is 16.5. The molecule has 2 heteroatoms. The first kappa shape index (κ1) is 12.7. The van der Waals surface area contributed by atoms with Gasteiger partial charge < -0.3 is 4.74 Å². The van der Waals surface area contributed by atoms with Crippen molar-refractivity contribution in [1.82, 2.24) is 0 Å². The smallest absolute Gasteiger partial charge is 0.173 e. The standard InChI is InChI=1S/C18H16O2/c19-18-15(10-6-9-14-7-2-1-3-8-14)13-20-17-12-5-4-11-16(17)18/h1-9,11-12,15H,10,13H2. The fourth-order valence-corrected chi connectivity index (χ4v) is 2.39. The van der Waals surface area contributed by atoms with E-state index < -0.39 is 0 Å². The second-order valence-corrected chi connectivity index (χ2v) is 4.92. The van der Waals surface area contributed by atoms with E-state index in [1.54, 1.807) is 0 Å². The molecule has 2 aromatic carbocycles. The molecule has 0 radical (unpaired) electrons. The Morgan fingerprint density at radius 1 is 1.05 bits per heavy atom. The van der Waals surface area contributed by atoms with Crippen LogP contribution in [0.5, 0.6) is 5.75 Å². The van der Waals surface area contributed by atoms with E-state index in [0.717, 1.165) is 5.56 Å². The summed E-state index contributed by atoms with van der Waals surface area (Å²) in [5, 5.41) is 0. The molecule has 0 amide bonds. The van der Waals surface area contributed by atoms with Crippen LogP contribution < -0.4 is 4.74 Å². The summed E-state index contributed by atoms with van der Waals surface area (Å²) >= 11 is 0. The van der Waals surface area contributed by atoms with E-state index in [2.05, 4.69) is 6.08 Å². The van der Waals surface area contributed by atoms with Gasteiger partial charge in [-0.15, -0.1) is 0 Å². The third kappa shape index (κ3) is 2.64. The second kappa shape index (κ2) is 5.74. The van der Waals surface area contributed by atoms with Crippen LogP contribution in [0.25, 0.3) is 6.08 Å². The van der Waals surface area contributed by atoms with Crippen molar-refractivity contribution >= 4 is 11.9 Å². The van der Waals surface area contributed by atoms with Gasteiger partial charge in [0.25, 0.3) is 0 Å². The molecule has 0 spiro atoms. The molecular formula is C18H16O2. The highest BCUT2D eigenvalue weighted by Crippen LogP contribution is 2.28. The number of ether oxygens (including phenoxy) is 1. The number of carbonyl (C=O) groups excluding carboxylic acids is 1. The van der Waals surface area contributed by atoms with Crippen molar-refractivity contribution in [2.45, 2.75) is 6.42 Å². The summed E-state index contributed by atoms with van der Waals surface area (Å²) in [6.07, 6.45) is 4.81. The van der Waals surface area contributed by atoms with Crippen LogP contribution in [0.3, 0.4) is 0 Å². The number of carbonyl (C=O) groups is 1. The predicted octanol–water partition coefficient (Wildman–Crippen LogP) is 3.98. The quantitative estimate of drug-likeness (QED) is 0.838. The maximum Gasteiger partial charge on any atom is 0.173 e. The van der Waals surface area contributed by atoms with Crippen LogP contribution in [-0.4, -0.2) is 12.4 Å². The topological polar surface area (TPSA) is 26.3 Å². The van der Waals surface area contributed by atoms with Crippen molar-refractivity contribution in [1.29, 1.82) is 0 Å². The summed E-state index contributed by atoms with van der Waals surface area (Å²) in [5.74, 6) is 0.815. The number of benzene rings is 2. The molecule has 0 saturated carbocycles. The minimum atomic E-state index is -0.0788. The maximum absolute atomic E-state index is 12.3. The summed E-state index contributed by atoms with van der Waals surface area (Å²) in [6.45, 7) is 0.467. The number of fused-ring (bicyclic) bond motifs is 1. The molecule has 2 aromatic rings. The van der Waals surface area contributed by atoms with Crippen molar-refractivity contribution in [3.8, 4) is 5.75 Å². The molecular weight excluding hydrogens is 248 g/mol. The van der Waals surface area contributed by atoms with Gasteiger partial charge in [-0.05, 0) is 24.1 Å². The highest BCUT2D eigenvalue weighted by molar-refractivity contribution is 6.01. The van der Waals surface area contributed by atoms with Gasteiger partial charge in [-0.2, -0.15) is 0 Å². The van der Waals surface area contributed by atoms with Crippen LogP contribution in [0.15, 0.2) is 60.7 Å². The lowest BCUT2D eigenvalue weighted by atomic mass is 9.92. The highest BCUT2D eigenvalue weighted by Gasteiger charge is 2.27. The normalized spacial score (nSPS) is 17.8. The van der Waals surface area contributed by atoms with E-state index in [4.69, 9.17) is 4.74 Å². The molecule has 1 unspecified atom stereocenters. The Labute approximate surface area is 118 Å². The Balaban J connectivity index is 1.68. The lowest BCUT2D eigenvalue weighted by Crippen LogP contribution is -2.27. The van der Waals surface area contributed by atoms with Gasteiger partial charge >= 0.3 is 0 Å². The Morgan fingerprint density at radius 3 is 2.65 bits per heavy atom. The number of rotatable bonds is 3. The van der Waals surface area contributed by atoms with Crippen molar-refractivity contribution in [3.05, 3.63) is 71.8 Å². The average Bonchev–Trinajstić information content (AvgIpc) is 2.51. The van der Waals surface area contributed by atoms with Crippen LogP contribution in [0.4, 0.5) is 0 Å². The second-order valence-electron chi connectivity index (χ2n) is 4.92. The van der Waals surface area contributed by atoms with Crippen LogP contribution in [0.2, 0.25) is 0 Å². The van der Waals surface area contributed by atoms with Gasteiger partial charge in [-0.1, -0.05) is 54.6 Å². The summed E-state index contributed by atoms with van der Waals surface area (Å²) in [5.41, 5.74) is 1.86. The molecule has 0 N–H and O–H groups in total. The van der Waals surface area contributed by atoms with E-state index in [0.29, 0.717) is 24.3 Å². The molecule has 0 saturated heterocycles. The number of ketones is 1. The third-order valence-electron chi connectivity index (χ3n) is 3.49. The van der Waals surface area contributed by atoms with Crippen LogP contribution in [0.1, 0.15) is 22.3 Å². The molecule has 100 valence electrons. The van der Waals surface area contributed by atoms with Crippen LogP contribution in [-0.2, 0) is 0 Å². The van der Waals surface area contributed by atoms with Gasteiger partial charge in [0.15, 0.2) is 5.78 Å². The Kier molecular flexibility index (Phi) is 3.64. The van der Waals surface area contributed by atoms with E-state index in [1.807, 2.05) is 60.7 Å². The fraction of sp³-hybridized carbons (Fsp3) is 0.167. The maximum atomic E-state index is 12.3. The molecule has 0 bridgehead atoms. The first-order valence-corrected chi connectivity index (χ1v) is 6.82. The fourth-order valence-electron chi connectivity index (χ4n) is 2.39. The molecule has 0 aliphatic carbocycles. The SMILES string of the molecule is O=C1c2ccccc2OCC1CC=Cc1ccccc1. The Hall–Kier alpha value is -2.35. The summed E-state index contributed by atoms with van der Waals surface area (Å²) in [4.78, 5) is 12.3. The van der Waals surface area contributed by atoms with Gasteiger partial charge in [0, 0.05) is 0 Å². The molecule has 2 nitrogen and oxygen atoms in total. The molecule has 0 aromatic heterocycles. The van der Waals surface area contributed by atoms with Crippen molar-refractivity contribution in [3.63, 3.8) is 0 Å². The first-order chi connectivity index (χ1) is 9.84. The minimum absolute atomic E-state index is 0.0788. The lowest BCUT2D eigenvalue weighted by molar-refractivity contribution is 0.0833. The van der Waals surface area contributed by atoms with Gasteiger partial charge in [0.1, 0.15) is 5.75 Å². The monoisotopic (exact) mass is 264 g/mol. The summed E-state index contributed by atoms with van der Waals surface area (Å²) in [7, 11) is 0. The van der Waals surface area contributed by atoms with Crippen LogP contribution >= 0.6 is 0 Å². The minimum Gasteiger partial charge on any atom is -0.492 e. The van der Waals surface area contributed by atoms with Gasteiger partial charge in [-0.3, -0.25) is 4.79 Å². The van der Waals surface area contributed by atoms with Crippen LogP contribution in [0, 0.1) is 5.92 Å². The van der Waals surface area contributed by atoms with Gasteiger partial charge in [0.2, 0.25) is 0 Å². The number of hydrogen-bond acceptors (Lipinski definition) is 2. The molecule has 1 atom stereocenters. The van der Waals surface area contributed by atoms with Gasteiger partial charge in [0.05, 0.1) is 18.1 Å². The van der Waals surface area contributed by atoms with E-state index >= 15 is 0 Å². The zero-order valence-electron chi connectivity index (χ0n) is 11.2. The number of Topliss-reactive ketones (excluding diaryl/α,β-unsaturated/α-hetero) is 1. The lowest BCUT2D eigenvalue weighted by Gasteiger charge is -2.23. The van der Waals surface area contributed by atoms with Crippen molar-refractivity contribution in [2.24, 2.45) is 5.92 Å². The van der Waals surface area contributed by atoms with Crippen molar-refractivity contribution in [2.75, 3.05) is 6.61 Å². The molecule has 20 heavy (non-hydrogen) atoms. The summed E-state index contributed by atoms with van der Waals surface area (Å²) in [6, 6.07) is 17.6. The largest absolute Gasteiger partial charge is 0.492 e. The number of allylic oxidation sites excluding steroid dienone is 1. The molecule has 0 fully saturated rings. The zero-order valence-corrected chi connectivity index (χ0v) is 11.2. The molecule has 3 rings (SSSR count). The summed E-state index contributed by atoms with van der Waals surface area (Å²) < 4.78 is 5.65. The third-order valence-corrected chi connectivity index (χ3v) is 3.49. The predicted molar refractivity (Wildman–Crippen MR) is 79.9 cm³/mol. The van der Waals surface area contributed by atoms with Gasteiger partial charge in [-0.25, -0.2) is 0 Å². The van der Waals surface area contributed by atoms with Crippen molar-refractivity contribution < 1.29 is 9.53 Å². The zero-order chi connectivity index (χ0) is 13.8. The first-order valence-electron chi connectivity index (χ1n) is 6.82. The Morgan fingerprint density at radius 2 is 1.80 bits per heavy atom. The van der Waals surface area contributed by atoms with E-state index in [-0.39, 0.29) is 11.7 Å². The van der Waals surface area contributed by atoms with E-state index in [1.165, 1.54) is 0 Å². The molecule has 1 aliphatic rings. The van der Waals surface area contributed by atoms with E-state index in [9.17, 15) is 4.79 Å².